The van der Waals surface area contributed by atoms with Gasteiger partial charge in [0, 0.05) is 12.1 Å². The summed E-state index contributed by atoms with van der Waals surface area (Å²) in [6, 6.07) is 0. The van der Waals surface area contributed by atoms with Gasteiger partial charge in [0.05, 0.1) is 5.92 Å². The van der Waals surface area contributed by atoms with E-state index in [9.17, 15) is 4.79 Å². The van der Waals surface area contributed by atoms with Crippen molar-refractivity contribution in [3.63, 3.8) is 0 Å². The smallest absolute Gasteiger partial charge is 0.310 e. The summed E-state index contributed by atoms with van der Waals surface area (Å²) in [6.07, 6.45) is 1.92. The minimum absolute atomic E-state index is 0.314. The topological polar surface area (TPSA) is 49.7 Å². The van der Waals surface area contributed by atoms with Gasteiger partial charge in [0.25, 0.3) is 0 Å². The van der Waals surface area contributed by atoms with Crippen molar-refractivity contribution < 1.29 is 9.90 Å². The molecule has 1 N–H and O–H groups in total. The molecule has 1 heterocycles. The van der Waals surface area contributed by atoms with Crippen molar-refractivity contribution in [1.82, 2.24) is 0 Å². The molecule has 1 aliphatic heterocycles. The van der Waals surface area contributed by atoms with E-state index >= 15 is 0 Å². The number of hydrogen-bond donors (Lipinski definition) is 1. The molecule has 0 aromatic carbocycles. The third-order valence-electron chi connectivity index (χ3n) is 1.45. The molecule has 1 rings (SSSR count). The lowest BCUT2D eigenvalue weighted by atomic mass is 10.0. The number of aliphatic carboxylic acids is 1. The van der Waals surface area contributed by atoms with Crippen LogP contribution in [0, 0.1) is 5.92 Å². The lowest BCUT2D eigenvalue weighted by molar-refractivity contribution is -0.139. The van der Waals surface area contributed by atoms with Gasteiger partial charge in [0.2, 0.25) is 0 Å². The van der Waals surface area contributed by atoms with Crippen LogP contribution in [0.2, 0.25) is 0 Å². The normalized spacial score (nSPS) is 24.0. The number of hydrogen-bond acceptors (Lipinski definition) is 2. The summed E-state index contributed by atoms with van der Waals surface area (Å²) < 4.78 is 0. The van der Waals surface area contributed by atoms with Crippen LogP contribution in [0.15, 0.2) is 16.8 Å². The highest BCUT2D eigenvalue weighted by molar-refractivity contribution is 6.65. The van der Waals surface area contributed by atoms with Gasteiger partial charge in [-0.1, -0.05) is 11.6 Å². The van der Waals surface area contributed by atoms with Gasteiger partial charge in [-0.2, -0.15) is 0 Å². The fourth-order valence-corrected chi connectivity index (χ4v) is 1.26. The summed E-state index contributed by atoms with van der Waals surface area (Å²) >= 11 is 5.60. The summed E-state index contributed by atoms with van der Waals surface area (Å²) in [6.45, 7) is 1.73. The molecule has 0 aliphatic carbocycles. The van der Waals surface area contributed by atoms with Crippen LogP contribution in [-0.4, -0.2) is 16.2 Å². The zero-order valence-corrected chi connectivity index (χ0v) is 6.80. The first-order chi connectivity index (χ1) is 5.09. The number of carboxylic acid groups (broad SMARTS) is 1. The van der Waals surface area contributed by atoms with Gasteiger partial charge < -0.3 is 5.11 Å². The second-order valence-electron chi connectivity index (χ2n) is 2.44. The second kappa shape index (κ2) is 3.05. The SMILES string of the molecule is CC1=CC(C(=O)O)CC(Cl)=N1. The van der Waals surface area contributed by atoms with E-state index in [1.54, 1.807) is 13.0 Å². The largest absolute Gasteiger partial charge is 0.481 e. The number of carboxylic acids is 1. The van der Waals surface area contributed by atoms with E-state index in [1.165, 1.54) is 0 Å². The first kappa shape index (κ1) is 8.27. The van der Waals surface area contributed by atoms with Crippen LogP contribution < -0.4 is 0 Å². The van der Waals surface area contributed by atoms with Crippen LogP contribution >= 0.6 is 11.6 Å². The Morgan fingerprint density at radius 3 is 3.00 bits per heavy atom. The van der Waals surface area contributed by atoms with Gasteiger partial charge in [-0.3, -0.25) is 4.79 Å². The van der Waals surface area contributed by atoms with E-state index < -0.39 is 11.9 Å². The lowest BCUT2D eigenvalue weighted by Gasteiger charge is -2.11. The maximum Gasteiger partial charge on any atom is 0.310 e. The highest BCUT2D eigenvalue weighted by Gasteiger charge is 2.19. The van der Waals surface area contributed by atoms with Crippen LogP contribution in [0.3, 0.4) is 0 Å². The molecule has 3 nitrogen and oxygen atoms in total. The number of rotatable bonds is 1. The van der Waals surface area contributed by atoms with Crippen molar-refractivity contribution in [2.75, 3.05) is 0 Å². The molecule has 0 radical (unpaired) electrons. The molecule has 0 saturated carbocycles. The van der Waals surface area contributed by atoms with Crippen LogP contribution in [0.1, 0.15) is 13.3 Å². The Balaban J connectivity index is 2.79. The third-order valence-corrected chi connectivity index (χ3v) is 1.68. The average molecular weight is 174 g/mol. The third kappa shape index (κ3) is 2.05. The van der Waals surface area contributed by atoms with Gasteiger partial charge in [-0.05, 0) is 13.0 Å². The summed E-state index contributed by atoms with van der Waals surface area (Å²) in [5.41, 5.74) is 0.675. The van der Waals surface area contributed by atoms with E-state index in [0.29, 0.717) is 17.3 Å². The summed E-state index contributed by atoms with van der Waals surface area (Å²) in [7, 11) is 0. The molecule has 1 aliphatic rings. The Morgan fingerprint density at radius 2 is 2.55 bits per heavy atom. The maximum absolute atomic E-state index is 10.5. The minimum atomic E-state index is -0.850. The van der Waals surface area contributed by atoms with Crippen molar-refractivity contribution in [3.05, 3.63) is 11.8 Å². The fraction of sp³-hybridized carbons (Fsp3) is 0.429. The van der Waals surface area contributed by atoms with Crippen molar-refractivity contribution in [1.29, 1.82) is 0 Å². The molecular weight excluding hydrogens is 166 g/mol. The summed E-state index contributed by atoms with van der Waals surface area (Å²) in [5, 5.41) is 8.99. The van der Waals surface area contributed by atoms with E-state index in [4.69, 9.17) is 16.7 Å². The van der Waals surface area contributed by atoms with E-state index in [-0.39, 0.29) is 0 Å². The van der Waals surface area contributed by atoms with Crippen LogP contribution in [0.25, 0.3) is 0 Å². The molecule has 60 valence electrons. The fourth-order valence-electron chi connectivity index (χ4n) is 0.964. The molecule has 0 spiro atoms. The molecule has 0 aromatic rings. The van der Waals surface area contributed by atoms with Crippen molar-refractivity contribution in [3.8, 4) is 0 Å². The van der Waals surface area contributed by atoms with Gasteiger partial charge >= 0.3 is 5.97 Å². The van der Waals surface area contributed by atoms with E-state index in [1.807, 2.05) is 0 Å². The zero-order chi connectivity index (χ0) is 8.43. The first-order valence-electron chi connectivity index (χ1n) is 3.24. The average Bonchev–Trinajstić information content (AvgIpc) is 1.85. The minimum Gasteiger partial charge on any atom is -0.481 e. The van der Waals surface area contributed by atoms with Crippen molar-refractivity contribution >= 4 is 22.7 Å². The number of allylic oxidation sites excluding steroid dienone is 1. The Labute approximate surface area is 69.4 Å². The van der Waals surface area contributed by atoms with Gasteiger partial charge in [-0.15, -0.1) is 0 Å². The Kier molecular flexibility index (Phi) is 2.29. The monoisotopic (exact) mass is 173 g/mol. The molecule has 0 fully saturated rings. The molecule has 11 heavy (non-hydrogen) atoms. The quantitative estimate of drug-likeness (QED) is 0.655. The Bertz CT molecular complexity index is 245. The summed E-state index contributed by atoms with van der Waals surface area (Å²) in [4.78, 5) is 14.4. The first-order valence-corrected chi connectivity index (χ1v) is 3.61. The number of carbonyl (C=O) groups is 1. The molecule has 0 saturated heterocycles. The standard InChI is InChI=1S/C7H8ClNO2/c1-4-2-5(7(10)11)3-6(8)9-4/h2,5H,3H2,1H3,(H,10,11). The zero-order valence-electron chi connectivity index (χ0n) is 6.04. The van der Waals surface area contributed by atoms with Crippen molar-refractivity contribution in [2.24, 2.45) is 10.9 Å². The molecular formula is C7H8ClNO2. The molecule has 0 bridgehead atoms. The predicted molar refractivity (Wildman–Crippen MR) is 42.8 cm³/mol. The van der Waals surface area contributed by atoms with Crippen molar-refractivity contribution in [2.45, 2.75) is 13.3 Å². The Morgan fingerprint density at radius 1 is 1.91 bits per heavy atom. The van der Waals surface area contributed by atoms with Crippen LogP contribution in [-0.2, 0) is 4.79 Å². The van der Waals surface area contributed by atoms with E-state index in [2.05, 4.69) is 4.99 Å². The molecule has 1 unspecified atom stereocenters. The highest BCUT2D eigenvalue weighted by Crippen LogP contribution is 2.18. The number of halogens is 1. The van der Waals surface area contributed by atoms with Gasteiger partial charge in [-0.25, -0.2) is 4.99 Å². The second-order valence-corrected chi connectivity index (χ2v) is 2.88. The number of nitrogens with zero attached hydrogens (tertiary/aromatic N) is 1. The Hall–Kier alpha value is -0.830. The maximum atomic E-state index is 10.5. The van der Waals surface area contributed by atoms with Gasteiger partial charge in [0.15, 0.2) is 0 Å². The predicted octanol–water partition coefficient (Wildman–Crippen LogP) is 1.63. The molecule has 1 atom stereocenters. The molecule has 4 heteroatoms. The lowest BCUT2D eigenvalue weighted by Crippen LogP contribution is -2.16. The van der Waals surface area contributed by atoms with Gasteiger partial charge in [0.1, 0.15) is 5.17 Å². The summed E-state index contributed by atoms with van der Waals surface area (Å²) in [5.74, 6) is -1.35. The molecule has 0 amide bonds. The van der Waals surface area contributed by atoms with Crippen LogP contribution in [0.4, 0.5) is 0 Å². The van der Waals surface area contributed by atoms with E-state index in [0.717, 1.165) is 0 Å². The molecule has 0 aromatic heterocycles. The number of aliphatic imine (C=N–C) groups is 1. The van der Waals surface area contributed by atoms with Crippen LogP contribution in [0.5, 0.6) is 0 Å². The highest BCUT2D eigenvalue weighted by atomic mass is 35.5.